The Balaban J connectivity index is 3.68. The molecule has 0 aromatic rings. The van der Waals surface area contributed by atoms with E-state index in [0.717, 1.165) is 0 Å². The molecule has 1 N–H and O–H groups in total. The standard InChI is InChI=1S/C12H15F6NO9S3/c1-19(31(26,27)28)30(24,25)12(17,18)10(13,14)11(15,16)29(22,23)9-7(20)5-3-2-4-6-8(9)21/h9H,2-6H2,1H3,(H,26,27,28). The molecule has 31 heavy (non-hydrogen) atoms. The van der Waals surface area contributed by atoms with Crippen molar-refractivity contribution in [3.8, 4) is 0 Å². The van der Waals surface area contributed by atoms with E-state index in [4.69, 9.17) is 4.55 Å². The van der Waals surface area contributed by atoms with E-state index in [9.17, 15) is 61.2 Å². The topological polar surface area (TPSA) is 160 Å². The molecular formula is C12H15F6NO9S3. The van der Waals surface area contributed by atoms with Gasteiger partial charge in [0.2, 0.25) is 9.84 Å². The Kier molecular flexibility index (Phi) is 7.36. The van der Waals surface area contributed by atoms with Gasteiger partial charge in [0.1, 0.15) is 0 Å². The summed E-state index contributed by atoms with van der Waals surface area (Å²) in [7, 11) is -21.1. The summed E-state index contributed by atoms with van der Waals surface area (Å²) in [6.07, 6.45) is -1.74. The molecule has 0 radical (unpaired) electrons. The van der Waals surface area contributed by atoms with Crippen molar-refractivity contribution in [2.24, 2.45) is 0 Å². The number of rotatable bonds is 7. The van der Waals surface area contributed by atoms with Crippen LogP contribution in [-0.4, -0.2) is 73.8 Å². The molecule has 0 atom stereocenters. The van der Waals surface area contributed by atoms with Crippen LogP contribution in [0.25, 0.3) is 0 Å². The first-order chi connectivity index (χ1) is 13.6. The minimum absolute atomic E-state index is 0.121. The van der Waals surface area contributed by atoms with Crippen LogP contribution in [0.2, 0.25) is 0 Å². The fraction of sp³-hybridized carbons (Fsp3) is 0.833. The second-order valence-electron chi connectivity index (χ2n) is 6.39. The molecule has 1 fully saturated rings. The lowest BCUT2D eigenvalue weighted by molar-refractivity contribution is -0.244. The van der Waals surface area contributed by atoms with Crippen molar-refractivity contribution in [2.45, 2.75) is 53.8 Å². The third-order valence-electron chi connectivity index (χ3n) is 4.32. The van der Waals surface area contributed by atoms with Crippen molar-refractivity contribution in [3.63, 3.8) is 0 Å². The Morgan fingerprint density at radius 3 is 1.55 bits per heavy atom. The number of carbonyl (C=O) groups excluding carboxylic acids is 2. The predicted molar refractivity (Wildman–Crippen MR) is 88.9 cm³/mol. The molecule has 1 rings (SSSR count). The number of hydrogen-bond acceptors (Lipinski definition) is 8. The Bertz CT molecular complexity index is 1050. The molecule has 0 spiro atoms. The van der Waals surface area contributed by atoms with Gasteiger partial charge < -0.3 is 0 Å². The maximum Gasteiger partial charge on any atom is 0.429 e. The highest BCUT2D eigenvalue weighted by molar-refractivity contribution is 8.02. The maximum absolute atomic E-state index is 14.3. The third-order valence-corrected chi connectivity index (χ3v) is 9.82. The first kappa shape index (κ1) is 27.7. The zero-order chi connectivity index (χ0) is 24.8. The fourth-order valence-electron chi connectivity index (χ4n) is 2.51. The van der Waals surface area contributed by atoms with Gasteiger partial charge in [-0.15, -0.1) is 0 Å². The van der Waals surface area contributed by atoms with Crippen LogP contribution in [-0.2, 0) is 39.8 Å². The van der Waals surface area contributed by atoms with Gasteiger partial charge in [0.05, 0.1) is 0 Å². The van der Waals surface area contributed by atoms with Gasteiger partial charge in [0.25, 0.3) is 0 Å². The molecule has 0 saturated heterocycles. The Morgan fingerprint density at radius 1 is 0.806 bits per heavy atom. The van der Waals surface area contributed by atoms with E-state index in [2.05, 4.69) is 0 Å². The van der Waals surface area contributed by atoms with E-state index >= 15 is 0 Å². The van der Waals surface area contributed by atoms with Gasteiger partial charge in [-0.3, -0.25) is 14.1 Å². The highest BCUT2D eigenvalue weighted by Gasteiger charge is 2.83. The first-order valence-corrected chi connectivity index (χ1v) is 12.3. The van der Waals surface area contributed by atoms with Crippen molar-refractivity contribution in [3.05, 3.63) is 0 Å². The summed E-state index contributed by atoms with van der Waals surface area (Å²) in [4.78, 5) is 23.8. The summed E-state index contributed by atoms with van der Waals surface area (Å²) in [6, 6.07) is 0. The summed E-state index contributed by atoms with van der Waals surface area (Å²) in [5, 5.41) is -17.6. The van der Waals surface area contributed by atoms with Crippen LogP contribution in [0.1, 0.15) is 32.1 Å². The molecule has 0 bridgehead atoms. The average molecular weight is 527 g/mol. The molecule has 0 aromatic carbocycles. The minimum atomic E-state index is -7.39. The first-order valence-electron chi connectivity index (χ1n) is 7.97. The molecule has 0 aromatic heterocycles. The van der Waals surface area contributed by atoms with Crippen LogP contribution >= 0.6 is 0 Å². The van der Waals surface area contributed by atoms with Crippen LogP contribution in [0, 0.1) is 0 Å². The van der Waals surface area contributed by atoms with Crippen LogP contribution in [0.3, 0.4) is 0 Å². The molecule has 10 nitrogen and oxygen atoms in total. The van der Waals surface area contributed by atoms with Gasteiger partial charge in [-0.2, -0.15) is 34.8 Å². The molecule has 1 saturated carbocycles. The summed E-state index contributed by atoms with van der Waals surface area (Å²) in [5.74, 6) is -10.9. The average Bonchev–Trinajstić information content (AvgIpc) is 2.57. The zero-order valence-corrected chi connectivity index (χ0v) is 17.7. The number of Topliss-reactive ketones (excluding diaryl/α,β-unsaturated/α-hetero) is 2. The number of carbonyl (C=O) groups is 2. The smallest absolute Gasteiger partial charge is 0.298 e. The molecule has 1 aliphatic carbocycles. The number of alkyl halides is 6. The molecule has 0 aliphatic heterocycles. The summed E-state index contributed by atoms with van der Waals surface area (Å²) < 4.78 is 160. The van der Waals surface area contributed by atoms with Crippen molar-refractivity contribution < 1.29 is 65.7 Å². The van der Waals surface area contributed by atoms with E-state index in [1.54, 1.807) is 0 Å². The monoisotopic (exact) mass is 527 g/mol. The lowest BCUT2D eigenvalue weighted by Gasteiger charge is -2.34. The normalized spacial score (nSPS) is 19.4. The number of sulfonamides is 1. The second kappa shape index (κ2) is 8.23. The van der Waals surface area contributed by atoms with Crippen LogP contribution in [0.15, 0.2) is 0 Å². The Labute approximate surface area is 172 Å². The van der Waals surface area contributed by atoms with Crippen molar-refractivity contribution in [2.75, 3.05) is 7.05 Å². The molecule has 182 valence electrons. The lowest BCUT2D eigenvalue weighted by Crippen LogP contribution is -2.65. The quantitative estimate of drug-likeness (QED) is 0.286. The Morgan fingerprint density at radius 2 is 1.19 bits per heavy atom. The van der Waals surface area contributed by atoms with Crippen molar-refractivity contribution in [1.29, 1.82) is 0 Å². The molecule has 19 heteroatoms. The molecule has 1 aliphatic rings. The SMILES string of the molecule is CN(S(=O)(=O)O)S(=O)(=O)C(F)(F)C(F)(F)C(F)(F)S(=O)(=O)C1C(=O)CCCCCC1=O. The van der Waals surface area contributed by atoms with E-state index in [-0.39, 0.29) is 19.3 Å². The number of halogens is 6. The van der Waals surface area contributed by atoms with Gasteiger partial charge in [-0.05, 0) is 12.8 Å². The summed E-state index contributed by atoms with van der Waals surface area (Å²) >= 11 is 0. The number of ketones is 2. The number of hydrogen-bond donors (Lipinski definition) is 1. The largest absolute Gasteiger partial charge is 0.429 e. The summed E-state index contributed by atoms with van der Waals surface area (Å²) in [6.45, 7) is 0. The van der Waals surface area contributed by atoms with Gasteiger partial charge >= 0.3 is 36.8 Å². The van der Waals surface area contributed by atoms with Crippen molar-refractivity contribution >= 4 is 41.7 Å². The van der Waals surface area contributed by atoms with Crippen molar-refractivity contribution in [1.82, 2.24) is 3.71 Å². The second-order valence-corrected chi connectivity index (χ2v) is 12.1. The van der Waals surface area contributed by atoms with Gasteiger partial charge in [0, 0.05) is 19.9 Å². The number of nitrogens with zero attached hydrogens (tertiary/aromatic N) is 1. The zero-order valence-electron chi connectivity index (χ0n) is 15.3. The lowest BCUT2D eigenvalue weighted by atomic mass is 9.98. The highest BCUT2D eigenvalue weighted by atomic mass is 32.3. The summed E-state index contributed by atoms with van der Waals surface area (Å²) in [5.41, 5.74) is 0. The molecule has 0 amide bonds. The van der Waals surface area contributed by atoms with Gasteiger partial charge in [-0.1, -0.05) is 10.1 Å². The van der Waals surface area contributed by atoms with Crippen LogP contribution < -0.4 is 0 Å². The van der Waals surface area contributed by atoms with E-state index in [1.165, 1.54) is 0 Å². The van der Waals surface area contributed by atoms with E-state index < -0.39 is 87.0 Å². The fourth-order valence-corrected chi connectivity index (χ4v) is 6.33. The van der Waals surface area contributed by atoms with E-state index in [0.29, 0.717) is 0 Å². The molecule has 0 heterocycles. The highest BCUT2D eigenvalue weighted by Crippen LogP contribution is 2.52. The van der Waals surface area contributed by atoms with Gasteiger partial charge in [-0.25, -0.2) is 16.8 Å². The minimum Gasteiger partial charge on any atom is -0.298 e. The predicted octanol–water partition coefficient (Wildman–Crippen LogP) is 0.757. The maximum atomic E-state index is 14.3. The molecular weight excluding hydrogens is 512 g/mol. The van der Waals surface area contributed by atoms with Gasteiger partial charge in [0.15, 0.2) is 16.8 Å². The number of sulfone groups is 1. The van der Waals surface area contributed by atoms with Crippen LogP contribution in [0.4, 0.5) is 26.3 Å². The third kappa shape index (κ3) is 4.33. The van der Waals surface area contributed by atoms with E-state index in [1.807, 2.05) is 0 Å². The Hall–Kier alpha value is -1.31. The molecule has 0 unspecified atom stereocenters. The van der Waals surface area contributed by atoms with Crippen LogP contribution in [0.5, 0.6) is 0 Å².